The standard InChI is InChI=1S/C9H11ClN2O.2ClH/c10-8-6-12-4-2-9(8)13-7-1-3-11-5-7;;/h2,4,6-7,11H,1,3,5H2;2*1H. The summed E-state index contributed by atoms with van der Waals surface area (Å²) in [5.74, 6) is 0.727. The fourth-order valence-corrected chi connectivity index (χ4v) is 1.53. The molecule has 0 radical (unpaired) electrons. The molecule has 1 aromatic rings. The molecule has 0 aliphatic carbocycles. The summed E-state index contributed by atoms with van der Waals surface area (Å²) in [5.41, 5.74) is 0. The molecule has 2 rings (SSSR count). The van der Waals surface area contributed by atoms with Gasteiger partial charge in [-0.15, -0.1) is 24.8 Å². The van der Waals surface area contributed by atoms with E-state index in [1.54, 1.807) is 18.5 Å². The summed E-state index contributed by atoms with van der Waals surface area (Å²) in [4.78, 5) is 3.89. The normalized spacial score (nSPS) is 18.9. The summed E-state index contributed by atoms with van der Waals surface area (Å²) in [7, 11) is 0. The lowest BCUT2D eigenvalue weighted by Gasteiger charge is -2.12. The molecule has 1 atom stereocenters. The molecule has 0 aromatic carbocycles. The molecule has 1 N–H and O–H groups in total. The van der Waals surface area contributed by atoms with Crippen LogP contribution in [-0.2, 0) is 0 Å². The molecule has 2 heterocycles. The molecule has 0 bridgehead atoms. The van der Waals surface area contributed by atoms with Crippen LogP contribution in [0.15, 0.2) is 18.5 Å². The zero-order valence-electron chi connectivity index (χ0n) is 7.98. The maximum atomic E-state index is 5.89. The van der Waals surface area contributed by atoms with E-state index in [-0.39, 0.29) is 30.9 Å². The number of halogens is 3. The van der Waals surface area contributed by atoms with Crippen molar-refractivity contribution in [1.82, 2.24) is 10.3 Å². The fourth-order valence-electron chi connectivity index (χ4n) is 1.37. The SMILES string of the molecule is Cl.Cl.Clc1cnccc1OC1CCNC1. The molecular formula is C9H13Cl3N2O. The van der Waals surface area contributed by atoms with Crippen molar-refractivity contribution in [2.75, 3.05) is 13.1 Å². The second-order valence-electron chi connectivity index (χ2n) is 3.04. The molecule has 15 heavy (non-hydrogen) atoms. The molecule has 0 amide bonds. The van der Waals surface area contributed by atoms with Gasteiger partial charge in [-0.1, -0.05) is 11.6 Å². The zero-order valence-corrected chi connectivity index (χ0v) is 10.4. The van der Waals surface area contributed by atoms with E-state index in [9.17, 15) is 0 Å². The van der Waals surface area contributed by atoms with E-state index in [1.807, 2.05) is 0 Å². The first kappa shape index (κ1) is 14.8. The summed E-state index contributed by atoms with van der Waals surface area (Å²) in [6.07, 6.45) is 4.57. The van der Waals surface area contributed by atoms with Gasteiger partial charge >= 0.3 is 0 Å². The van der Waals surface area contributed by atoms with Gasteiger partial charge in [0.1, 0.15) is 16.9 Å². The molecular weight excluding hydrogens is 258 g/mol. The van der Waals surface area contributed by atoms with Crippen LogP contribution in [0.5, 0.6) is 5.75 Å². The van der Waals surface area contributed by atoms with Crippen molar-refractivity contribution in [3.63, 3.8) is 0 Å². The highest BCUT2D eigenvalue weighted by molar-refractivity contribution is 6.31. The first-order chi connectivity index (χ1) is 6.36. The Bertz CT molecular complexity index is 292. The predicted molar refractivity (Wildman–Crippen MR) is 65.6 cm³/mol. The maximum Gasteiger partial charge on any atom is 0.141 e. The van der Waals surface area contributed by atoms with Crippen molar-refractivity contribution >= 4 is 36.4 Å². The molecule has 1 unspecified atom stereocenters. The Kier molecular flexibility index (Phi) is 7.02. The largest absolute Gasteiger partial charge is 0.487 e. The van der Waals surface area contributed by atoms with Crippen LogP contribution in [0.3, 0.4) is 0 Å². The Morgan fingerprint density at radius 3 is 2.87 bits per heavy atom. The lowest BCUT2D eigenvalue weighted by atomic mass is 10.3. The monoisotopic (exact) mass is 270 g/mol. The summed E-state index contributed by atoms with van der Waals surface area (Å²) in [6, 6.07) is 1.79. The number of hydrogen-bond donors (Lipinski definition) is 1. The molecule has 0 saturated carbocycles. The van der Waals surface area contributed by atoms with Gasteiger partial charge in [0, 0.05) is 25.0 Å². The average Bonchev–Trinajstić information content (AvgIpc) is 2.61. The van der Waals surface area contributed by atoms with Gasteiger partial charge in [-0.05, 0) is 13.0 Å². The van der Waals surface area contributed by atoms with Crippen molar-refractivity contribution in [1.29, 1.82) is 0 Å². The van der Waals surface area contributed by atoms with Crippen molar-refractivity contribution in [2.45, 2.75) is 12.5 Å². The van der Waals surface area contributed by atoms with E-state index in [0.717, 1.165) is 25.3 Å². The average molecular weight is 272 g/mol. The third kappa shape index (κ3) is 4.03. The van der Waals surface area contributed by atoms with Crippen molar-refractivity contribution in [3.8, 4) is 5.75 Å². The van der Waals surface area contributed by atoms with Gasteiger partial charge in [0.15, 0.2) is 0 Å². The van der Waals surface area contributed by atoms with Gasteiger partial charge in [-0.3, -0.25) is 4.98 Å². The molecule has 6 heteroatoms. The number of nitrogens with zero attached hydrogens (tertiary/aromatic N) is 1. The van der Waals surface area contributed by atoms with Crippen LogP contribution in [0.1, 0.15) is 6.42 Å². The lowest BCUT2D eigenvalue weighted by molar-refractivity contribution is 0.223. The number of hydrogen-bond acceptors (Lipinski definition) is 3. The predicted octanol–water partition coefficient (Wildman–Crippen LogP) is 2.32. The zero-order chi connectivity index (χ0) is 9.10. The van der Waals surface area contributed by atoms with E-state index in [0.29, 0.717) is 5.02 Å². The lowest BCUT2D eigenvalue weighted by Crippen LogP contribution is -2.19. The molecule has 86 valence electrons. The van der Waals surface area contributed by atoms with Crippen LogP contribution in [-0.4, -0.2) is 24.2 Å². The molecule has 1 saturated heterocycles. The Hall–Kier alpha value is -0.220. The highest BCUT2D eigenvalue weighted by Crippen LogP contribution is 2.24. The minimum Gasteiger partial charge on any atom is -0.487 e. The van der Waals surface area contributed by atoms with Gasteiger partial charge in [0.25, 0.3) is 0 Å². The van der Waals surface area contributed by atoms with Gasteiger partial charge < -0.3 is 10.1 Å². The molecule has 1 aliphatic heterocycles. The van der Waals surface area contributed by atoms with Crippen LogP contribution in [0, 0.1) is 0 Å². The van der Waals surface area contributed by atoms with Gasteiger partial charge in [-0.25, -0.2) is 0 Å². The van der Waals surface area contributed by atoms with Crippen molar-refractivity contribution in [3.05, 3.63) is 23.5 Å². The quantitative estimate of drug-likeness (QED) is 0.896. The minimum absolute atomic E-state index is 0. The Balaban J connectivity index is 0.000000980. The van der Waals surface area contributed by atoms with E-state index < -0.39 is 0 Å². The Morgan fingerprint density at radius 2 is 2.27 bits per heavy atom. The highest BCUT2D eigenvalue weighted by atomic mass is 35.5. The molecule has 1 aromatic heterocycles. The van der Waals surface area contributed by atoms with Gasteiger partial charge in [0.2, 0.25) is 0 Å². The van der Waals surface area contributed by atoms with Gasteiger partial charge in [-0.2, -0.15) is 0 Å². The number of nitrogens with one attached hydrogen (secondary N) is 1. The summed E-state index contributed by atoms with van der Waals surface area (Å²) in [6.45, 7) is 1.92. The summed E-state index contributed by atoms with van der Waals surface area (Å²) < 4.78 is 5.67. The molecule has 1 fully saturated rings. The van der Waals surface area contributed by atoms with Gasteiger partial charge in [0.05, 0.1) is 0 Å². The first-order valence-electron chi connectivity index (χ1n) is 4.33. The second kappa shape index (κ2) is 7.12. The van der Waals surface area contributed by atoms with Crippen LogP contribution in [0.25, 0.3) is 0 Å². The van der Waals surface area contributed by atoms with E-state index >= 15 is 0 Å². The second-order valence-corrected chi connectivity index (χ2v) is 3.45. The van der Waals surface area contributed by atoms with E-state index in [4.69, 9.17) is 16.3 Å². The first-order valence-corrected chi connectivity index (χ1v) is 4.71. The third-order valence-electron chi connectivity index (χ3n) is 2.04. The number of ether oxygens (including phenoxy) is 1. The smallest absolute Gasteiger partial charge is 0.141 e. The maximum absolute atomic E-state index is 5.89. The van der Waals surface area contributed by atoms with Crippen LogP contribution >= 0.6 is 36.4 Å². The molecule has 3 nitrogen and oxygen atoms in total. The number of rotatable bonds is 2. The van der Waals surface area contributed by atoms with Crippen LogP contribution < -0.4 is 10.1 Å². The van der Waals surface area contributed by atoms with Crippen molar-refractivity contribution < 1.29 is 4.74 Å². The van der Waals surface area contributed by atoms with E-state index in [1.165, 1.54) is 0 Å². The topological polar surface area (TPSA) is 34.1 Å². The molecule has 1 aliphatic rings. The third-order valence-corrected chi connectivity index (χ3v) is 2.33. The Labute approximate surface area is 106 Å². The van der Waals surface area contributed by atoms with Crippen LogP contribution in [0.2, 0.25) is 5.02 Å². The summed E-state index contributed by atoms with van der Waals surface area (Å²) in [5, 5.41) is 3.81. The number of aromatic nitrogens is 1. The van der Waals surface area contributed by atoms with E-state index in [2.05, 4.69) is 10.3 Å². The highest BCUT2D eigenvalue weighted by Gasteiger charge is 2.16. The summed E-state index contributed by atoms with van der Waals surface area (Å²) >= 11 is 5.89. The molecule has 0 spiro atoms. The van der Waals surface area contributed by atoms with Crippen LogP contribution in [0.4, 0.5) is 0 Å². The Morgan fingerprint density at radius 1 is 1.47 bits per heavy atom. The fraction of sp³-hybridized carbons (Fsp3) is 0.444. The minimum atomic E-state index is 0. The van der Waals surface area contributed by atoms with Crippen molar-refractivity contribution in [2.24, 2.45) is 0 Å². The number of pyridine rings is 1.